The van der Waals surface area contributed by atoms with E-state index in [2.05, 4.69) is 276 Å². The standard InChI is InChI=1S/C66H44N2/c1-2-18-46(19-3-1)57-41-38-50(62-43-49-21-5-7-26-55(49)58-28-8-9-29-59(58)62)44-66(57)67(51-39-36-47(37-40-51)54-32-17-22-45-20-4-6-25-53(45)54)52-24-16-23-48(42-52)56-27-10-13-33-63(56)68-64-34-14-11-30-60(64)61-31-12-15-35-65(61)68/h1-44H. The summed E-state index contributed by atoms with van der Waals surface area (Å²) < 4.78 is 2.43. The lowest BCUT2D eigenvalue weighted by Gasteiger charge is -2.29. The summed E-state index contributed by atoms with van der Waals surface area (Å²) in [7, 11) is 0. The summed E-state index contributed by atoms with van der Waals surface area (Å²) in [5.41, 5.74) is 16.1. The molecule has 0 aliphatic rings. The minimum Gasteiger partial charge on any atom is -0.310 e. The first-order chi connectivity index (χ1) is 33.7. The fourth-order valence-corrected chi connectivity index (χ4v) is 10.6. The van der Waals surface area contributed by atoms with E-state index >= 15 is 0 Å². The van der Waals surface area contributed by atoms with E-state index < -0.39 is 0 Å². The second kappa shape index (κ2) is 16.5. The number of nitrogens with zero attached hydrogens (tertiary/aromatic N) is 2. The van der Waals surface area contributed by atoms with Gasteiger partial charge in [-0.05, 0) is 120 Å². The van der Waals surface area contributed by atoms with Crippen molar-refractivity contribution in [3.05, 3.63) is 267 Å². The van der Waals surface area contributed by atoms with Crippen molar-refractivity contribution in [2.24, 2.45) is 0 Å². The molecule has 13 rings (SSSR count). The van der Waals surface area contributed by atoms with Crippen LogP contribution in [0.1, 0.15) is 0 Å². The van der Waals surface area contributed by atoms with Crippen molar-refractivity contribution in [3.8, 4) is 50.2 Å². The van der Waals surface area contributed by atoms with Gasteiger partial charge in [0.15, 0.2) is 0 Å². The average molecular weight is 865 g/mol. The van der Waals surface area contributed by atoms with Crippen LogP contribution in [0.2, 0.25) is 0 Å². The first-order valence-electron chi connectivity index (χ1n) is 23.4. The van der Waals surface area contributed by atoms with Crippen LogP contribution in [0, 0.1) is 0 Å². The van der Waals surface area contributed by atoms with Gasteiger partial charge in [0.1, 0.15) is 0 Å². The first kappa shape index (κ1) is 39.4. The second-order valence-corrected chi connectivity index (χ2v) is 17.6. The SMILES string of the molecule is c1ccc(-c2ccc(-c3cc4ccccc4c4ccccc34)cc2N(c2ccc(-c3cccc4ccccc34)cc2)c2cccc(-c3ccccc3-n3c4ccccc4c4ccccc43)c2)cc1. The number of hydrogen-bond acceptors (Lipinski definition) is 1. The predicted molar refractivity (Wildman–Crippen MR) is 290 cm³/mol. The highest BCUT2D eigenvalue weighted by Gasteiger charge is 2.22. The van der Waals surface area contributed by atoms with Crippen molar-refractivity contribution in [1.29, 1.82) is 0 Å². The van der Waals surface area contributed by atoms with Crippen LogP contribution in [0.4, 0.5) is 17.1 Å². The predicted octanol–water partition coefficient (Wildman–Crippen LogP) is 18.4. The number of fused-ring (bicyclic) bond motifs is 7. The van der Waals surface area contributed by atoms with E-state index in [1.807, 2.05) is 0 Å². The lowest BCUT2D eigenvalue weighted by atomic mass is 9.91. The van der Waals surface area contributed by atoms with Gasteiger partial charge in [0.25, 0.3) is 0 Å². The van der Waals surface area contributed by atoms with Crippen LogP contribution in [0.5, 0.6) is 0 Å². The van der Waals surface area contributed by atoms with Gasteiger partial charge in [0.2, 0.25) is 0 Å². The zero-order valence-electron chi connectivity index (χ0n) is 37.3. The van der Waals surface area contributed by atoms with Gasteiger partial charge in [-0.1, -0.05) is 212 Å². The first-order valence-corrected chi connectivity index (χ1v) is 23.4. The Bertz CT molecular complexity index is 3970. The van der Waals surface area contributed by atoms with Crippen LogP contribution >= 0.6 is 0 Å². The van der Waals surface area contributed by atoms with E-state index in [4.69, 9.17) is 0 Å². The number of benzene rings is 12. The summed E-state index contributed by atoms with van der Waals surface area (Å²) in [6.07, 6.45) is 0. The lowest BCUT2D eigenvalue weighted by Crippen LogP contribution is -2.12. The summed E-state index contributed by atoms with van der Waals surface area (Å²) in [5, 5.41) is 9.96. The van der Waals surface area contributed by atoms with Crippen LogP contribution < -0.4 is 4.90 Å². The summed E-state index contributed by atoms with van der Waals surface area (Å²) in [6.45, 7) is 0. The highest BCUT2D eigenvalue weighted by Crippen LogP contribution is 2.46. The average Bonchev–Trinajstić information content (AvgIpc) is 3.75. The summed E-state index contributed by atoms with van der Waals surface area (Å²) in [5.74, 6) is 0. The Hall–Kier alpha value is -8.98. The molecule has 0 radical (unpaired) electrons. The van der Waals surface area contributed by atoms with Crippen molar-refractivity contribution in [3.63, 3.8) is 0 Å². The molecule has 13 aromatic rings. The Morgan fingerprint density at radius 3 is 1.56 bits per heavy atom. The Morgan fingerprint density at radius 2 is 0.779 bits per heavy atom. The summed E-state index contributed by atoms with van der Waals surface area (Å²) in [4.78, 5) is 2.47. The van der Waals surface area contributed by atoms with E-state index in [1.54, 1.807) is 0 Å². The minimum absolute atomic E-state index is 1.06. The van der Waals surface area contributed by atoms with Gasteiger partial charge in [-0.15, -0.1) is 0 Å². The maximum absolute atomic E-state index is 2.47. The highest BCUT2D eigenvalue weighted by molar-refractivity contribution is 6.14. The Labute approximate surface area is 395 Å². The molecule has 0 saturated carbocycles. The quantitative estimate of drug-likeness (QED) is 0.138. The van der Waals surface area contributed by atoms with Crippen molar-refractivity contribution >= 4 is 71.2 Å². The second-order valence-electron chi connectivity index (χ2n) is 17.6. The van der Waals surface area contributed by atoms with E-state index in [9.17, 15) is 0 Å². The number of aromatic nitrogens is 1. The molecule has 0 unspecified atom stereocenters. The fraction of sp³-hybridized carbons (Fsp3) is 0. The zero-order valence-corrected chi connectivity index (χ0v) is 37.3. The molecule has 0 atom stereocenters. The van der Waals surface area contributed by atoms with Gasteiger partial charge in [0.05, 0.1) is 22.4 Å². The van der Waals surface area contributed by atoms with Crippen LogP contribution in [-0.2, 0) is 0 Å². The Kier molecular flexibility index (Phi) is 9.54. The molecule has 0 aliphatic carbocycles. The van der Waals surface area contributed by atoms with E-state index in [1.165, 1.54) is 70.8 Å². The van der Waals surface area contributed by atoms with Crippen molar-refractivity contribution < 1.29 is 0 Å². The van der Waals surface area contributed by atoms with Gasteiger partial charge < -0.3 is 9.47 Å². The molecule has 318 valence electrons. The van der Waals surface area contributed by atoms with Gasteiger partial charge >= 0.3 is 0 Å². The molecule has 0 fully saturated rings. The van der Waals surface area contributed by atoms with Gasteiger partial charge in [0, 0.05) is 33.3 Å². The smallest absolute Gasteiger partial charge is 0.0546 e. The molecule has 2 heteroatoms. The lowest BCUT2D eigenvalue weighted by molar-refractivity contribution is 1.18. The normalized spacial score (nSPS) is 11.5. The van der Waals surface area contributed by atoms with E-state index in [0.717, 1.165) is 50.6 Å². The summed E-state index contributed by atoms with van der Waals surface area (Å²) in [6, 6.07) is 97.7. The minimum atomic E-state index is 1.06. The fourth-order valence-electron chi connectivity index (χ4n) is 10.6. The molecule has 0 saturated heterocycles. The third-order valence-electron chi connectivity index (χ3n) is 13.8. The molecule has 0 aliphatic heterocycles. The molecule has 0 N–H and O–H groups in total. The molecule has 2 nitrogen and oxygen atoms in total. The van der Waals surface area contributed by atoms with E-state index in [-0.39, 0.29) is 0 Å². The van der Waals surface area contributed by atoms with E-state index in [0.29, 0.717) is 0 Å². The number of rotatable bonds is 8. The zero-order chi connectivity index (χ0) is 45.0. The highest BCUT2D eigenvalue weighted by atomic mass is 15.1. The molecular formula is C66H44N2. The molecule has 1 aromatic heterocycles. The number of hydrogen-bond donors (Lipinski definition) is 0. The Morgan fingerprint density at radius 1 is 0.250 bits per heavy atom. The Balaban J connectivity index is 1.05. The van der Waals surface area contributed by atoms with Gasteiger partial charge in [-0.2, -0.15) is 0 Å². The van der Waals surface area contributed by atoms with Crippen LogP contribution in [0.15, 0.2) is 267 Å². The molecule has 1 heterocycles. The van der Waals surface area contributed by atoms with Crippen LogP contribution in [-0.4, -0.2) is 4.57 Å². The molecule has 0 amide bonds. The van der Waals surface area contributed by atoms with Crippen molar-refractivity contribution in [2.45, 2.75) is 0 Å². The maximum Gasteiger partial charge on any atom is 0.0546 e. The molecule has 0 spiro atoms. The topological polar surface area (TPSA) is 8.17 Å². The molecule has 12 aromatic carbocycles. The van der Waals surface area contributed by atoms with Crippen molar-refractivity contribution in [2.75, 3.05) is 4.90 Å². The van der Waals surface area contributed by atoms with Gasteiger partial charge in [-0.3, -0.25) is 0 Å². The summed E-state index contributed by atoms with van der Waals surface area (Å²) >= 11 is 0. The van der Waals surface area contributed by atoms with Crippen molar-refractivity contribution in [1.82, 2.24) is 4.57 Å². The van der Waals surface area contributed by atoms with Gasteiger partial charge in [-0.25, -0.2) is 0 Å². The number of anilines is 3. The monoisotopic (exact) mass is 864 g/mol. The van der Waals surface area contributed by atoms with Crippen LogP contribution in [0.25, 0.3) is 104 Å². The number of para-hydroxylation sites is 3. The molecular weight excluding hydrogens is 821 g/mol. The maximum atomic E-state index is 2.47. The largest absolute Gasteiger partial charge is 0.310 e. The third kappa shape index (κ3) is 6.65. The molecule has 0 bridgehead atoms. The molecule has 68 heavy (non-hydrogen) atoms. The third-order valence-corrected chi connectivity index (χ3v) is 13.8. The van der Waals surface area contributed by atoms with Crippen LogP contribution in [0.3, 0.4) is 0 Å².